The van der Waals surface area contributed by atoms with E-state index in [0.29, 0.717) is 5.92 Å². The van der Waals surface area contributed by atoms with E-state index in [9.17, 15) is 4.79 Å². The SMILES string of the molecule is CCn1ncc2ccc(NC(=O)[C@@H]3[C@@H](C=C(C)C)C3(C)C)cc21. The smallest absolute Gasteiger partial charge is 0.228 e. The highest BCUT2D eigenvalue weighted by Crippen LogP contribution is 2.59. The maximum Gasteiger partial charge on any atom is 0.228 e. The molecule has 0 radical (unpaired) electrons. The summed E-state index contributed by atoms with van der Waals surface area (Å²) in [6.45, 7) is 11.4. The van der Waals surface area contributed by atoms with Crippen LogP contribution in [-0.2, 0) is 11.3 Å². The van der Waals surface area contributed by atoms with Gasteiger partial charge in [0.1, 0.15) is 0 Å². The third kappa shape index (κ3) is 2.78. The van der Waals surface area contributed by atoms with Crippen molar-refractivity contribution in [2.45, 2.75) is 41.2 Å². The molecule has 1 aliphatic rings. The molecule has 1 aromatic carbocycles. The van der Waals surface area contributed by atoms with Gasteiger partial charge in [-0.1, -0.05) is 25.5 Å². The van der Waals surface area contributed by atoms with Crippen LogP contribution >= 0.6 is 0 Å². The van der Waals surface area contributed by atoms with E-state index in [1.54, 1.807) is 0 Å². The van der Waals surface area contributed by atoms with Crippen molar-refractivity contribution in [3.63, 3.8) is 0 Å². The lowest BCUT2D eigenvalue weighted by molar-refractivity contribution is -0.118. The molecule has 1 amide bonds. The molecule has 1 saturated carbocycles. The van der Waals surface area contributed by atoms with Crippen LogP contribution < -0.4 is 5.32 Å². The second-order valence-electron chi connectivity index (χ2n) is 7.29. The number of fused-ring (bicyclic) bond motifs is 1. The highest BCUT2D eigenvalue weighted by atomic mass is 16.2. The fraction of sp³-hybridized carbons (Fsp3) is 0.474. The quantitative estimate of drug-likeness (QED) is 0.859. The number of hydrogen-bond acceptors (Lipinski definition) is 2. The number of amides is 1. The van der Waals surface area contributed by atoms with E-state index in [2.05, 4.69) is 51.1 Å². The molecule has 1 fully saturated rings. The van der Waals surface area contributed by atoms with Gasteiger partial charge in [-0.2, -0.15) is 5.10 Å². The molecule has 2 atom stereocenters. The number of carbonyl (C=O) groups is 1. The molecule has 3 rings (SSSR count). The largest absolute Gasteiger partial charge is 0.326 e. The van der Waals surface area contributed by atoms with Gasteiger partial charge in [-0.05, 0) is 50.3 Å². The molecule has 1 aromatic heterocycles. The number of hydrogen-bond donors (Lipinski definition) is 1. The molecule has 0 aliphatic heterocycles. The number of aryl methyl sites for hydroxylation is 1. The van der Waals surface area contributed by atoms with Gasteiger partial charge in [-0.15, -0.1) is 0 Å². The van der Waals surface area contributed by atoms with Crippen LogP contribution in [0, 0.1) is 17.3 Å². The Labute approximate surface area is 137 Å². The van der Waals surface area contributed by atoms with Gasteiger partial charge in [0.2, 0.25) is 5.91 Å². The molecular weight excluding hydrogens is 286 g/mol. The minimum Gasteiger partial charge on any atom is -0.326 e. The van der Waals surface area contributed by atoms with Crippen LogP contribution in [0.5, 0.6) is 0 Å². The summed E-state index contributed by atoms with van der Waals surface area (Å²) in [5, 5.41) is 8.53. The lowest BCUT2D eigenvalue weighted by Gasteiger charge is -2.07. The van der Waals surface area contributed by atoms with Gasteiger partial charge in [-0.3, -0.25) is 9.48 Å². The van der Waals surface area contributed by atoms with Crippen molar-refractivity contribution in [2.75, 3.05) is 5.32 Å². The fourth-order valence-electron chi connectivity index (χ4n) is 3.47. The number of anilines is 1. The second kappa shape index (κ2) is 5.52. The first-order valence-electron chi connectivity index (χ1n) is 8.26. The highest BCUT2D eigenvalue weighted by molar-refractivity contribution is 5.97. The minimum atomic E-state index is 0.0383. The van der Waals surface area contributed by atoms with Crippen molar-refractivity contribution >= 4 is 22.5 Å². The standard InChI is InChI=1S/C19H25N3O/c1-6-22-16-10-14(8-7-13(16)11-20-22)21-18(23)17-15(9-12(2)3)19(17,4)5/h7-11,15,17H,6H2,1-5H3,(H,21,23)/t15-,17+/m1/s1. The van der Waals surface area contributed by atoms with E-state index in [1.165, 1.54) is 5.57 Å². The number of rotatable bonds is 4. The molecule has 1 heterocycles. The van der Waals surface area contributed by atoms with Crippen molar-refractivity contribution in [3.05, 3.63) is 36.0 Å². The lowest BCUT2D eigenvalue weighted by Crippen LogP contribution is -2.16. The Morgan fingerprint density at radius 2 is 2.13 bits per heavy atom. The van der Waals surface area contributed by atoms with Gasteiger partial charge < -0.3 is 5.32 Å². The lowest BCUT2D eigenvalue weighted by atomic mass is 10.1. The van der Waals surface area contributed by atoms with Crippen molar-refractivity contribution in [1.29, 1.82) is 0 Å². The highest BCUT2D eigenvalue weighted by Gasteiger charge is 2.60. The number of aromatic nitrogens is 2. The predicted octanol–water partition coefficient (Wildman–Crippen LogP) is 4.23. The number of nitrogens with one attached hydrogen (secondary N) is 1. The van der Waals surface area contributed by atoms with Crippen LogP contribution in [0.25, 0.3) is 10.9 Å². The predicted molar refractivity (Wildman–Crippen MR) is 94.2 cm³/mol. The zero-order valence-electron chi connectivity index (χ0n) is 14.6. The van der Waals surface area contributed by atoms with Crippen LogP contribution in [0.15, 0.2) is 36.0 Å². The molecule has 1 N–H and O–H groups in total. The summed E-state index contributed by atoms with van der Waals surface area (Å²) in [5.41, 5.74) is 3.21. The summed E-state index contributed by atoms with van der Waals surface area (Å²) in [4.78, 5) is 12.6. The summed E-state index contributed by atoms with van der Waals surface area (Å²) in [6.07, 6.45) is 4.08. The number of allylic oxidation sites excluding steroid dienone is 2. The van der Waals surface area contributed by atoms with E-state index in [-0.39, 0.29) is 17.2 Å². The Bertz CT molecular complexity index is 781. The fourth-order valence-corrected chi connectivity index (χ4v) is 3.47. The minimum absolute atomic E-state index is 0.0383. The maximum absolute atomic E-state index is 12.6. The van der Waals surface area contributed by atoms with Gasteiger partial charge in [-0.25, -0.2) is 0 Å². The molecule has 2 aromatic rings. The first kappa shape index (κ1) is 15.8. The molecular formula is C19H25N3O. The maximum atomic E-state index is 12.6. The molecule has 0 unspecified atom stereocenters. The average Bonchev–Trinajstić information content (AvgIpc) is 2.82. The van der Waals surface area contributed by atoms with Crippen molar-refractivity contribution in [1.82, 2.24) is 9.78 Å². The molecule has 0 spiro atoms. The van der Waals surface area contributed by atoms with Crippen LogP contribution in [0.3, 0.4) is 0 Å². The third-order valence-electron chi connectivity index (χ3n) is 4.92. The Morgan fingerprint density at radius 3 is 2.78 bits per heavy atom. The normalized spacial score (nSPS) is 22.0. The second-order valence-corrected chi connectivity index (χ2v) is 7.29. The van der Waals surface area contributed by atoms with Gasteiger partial charge >= 0.3 is 0 Å². The van der Waals surface area contributed by atoms with Crippen LogP contribution in [0.4, 0.5) is 5.69 Å². The zero-order chi connectivity index (χ0) is 16.8. The molecule has 4 heteroatoms. The summed E-state index contributed by atoms with van der Waals surface area (Å²) in [6, 6.07) is 5.97. The Kier molecular flexibility index (Phi) is 3.78. The summed E-state index contributed by atoms with van der Waals surface area (Å²) in [5.74, 6) is 0.487. The van der Waals surface area contributed by atoms with Crippen molar-refractivity contribution < 1.29 is 4.79 Å². The Hall–Kier alpha value is -2.10. The molecule has 1 aliphatic carbocycles. The monoisotopic (exact) mass is 311 g/mol. The molecule has 23 heavy (non-hydrogen) atoms. The van der Waals surface area contributed by atoms with Gasteiger partial charge in [0.05, 0.1) is 17.6 Å². The Morgan fingerprint density at radius 1 is 1.39 bits per heavy atom. The van der Waals surface area contributed by atoms with Gasteiger partial charge in [0.15, 0.2) is 0 Å². The summed E-state index contributed by atoms with van der Waals surface area (Å²) >= 11 is 0. The van der Waals surface area contributed by atoms with Crippen LogP contribution in [0.1, 0.15) is 34.6 Å². The third-order valence-corrected chi connectivity index (χ3v) is 4.92. The van der Waals surface area contributed by atoms with E-state index >= 15 is 0 Å². The van der Waals surface area contributed by atoms with Gasteiger partial charge in [0, 0.05) is 17.6 Å². The van der Waals surface area contributed by atoms with E-state index in [0.717, 1.165) is 23.1 Å². The number of benzene rings is 1. The van der Waals surface area contributed by atoms with Crippen molar-refractivity contribution in [3.8, 4) is 0 Å². The van der Waals surface area contributed by atoms with E-state index < -0.39 is 0 Å². The van der Waals surface area contributed by atoms with Crippen LogP contribution in [0.2, 0.25) is 0 Å². The molecule has 0 saturated heterocycles. The molecule has 122 valence electrons. The summed E-state index contributed by atoms with van der Waals surface area (Å²) in [7, 11) is 0. The van der Waals surface area contributed by atoms with E-state index in [1.807, 2.05) is 29.1 Å². The van der Waals surface area contributed by atoms with E-state index in [4.69, 9.17) is 0 Å². The molecule has 4 nitrogen and oxygen atoms in total. The summed E-state index contributed by atoms with van der Waals surface area (Å²) < 4.78 is 1.94. The number of nitrogens with zero attached hydrogens (tertiary/aromatic N) is 2. The topological polar surface area (TPSA) is 46.9 Å². The Balaban J connectivity index is 1.80. The van der Waals surface area contributed by atoms with Crippen molar-refractivity contribution in [2.24, 2.45) is 17.3 Å². The van der Waals surface area contributed by atoms with Gasteiger partial charge in [0.25, 0.3) is 0 Å². The average molecular weight is 311 g/mol. The zero-order valence-corrected chi connectivity index (χ0v) is 14.6. The first-order valence-corrected chi connectivity index (χ1v) is 8.26. The first-order chi connectivity index (χ1) is 10.8. The number of carbonyl (C=O) groups excluding carboxylic acids is 1. The molecule has 0 bridgehead atoms. The van der Waals surface area contributed by atoms with Crippen LogP contribution in [-0.4, -0.2) is 15.7 Å².